The van der Waals surface area contributed by atoms with Crippen molar-refractivity contribution in [2.24, 2.45) is 11.8 Å². The fourth-order valence-electron chi connectivity index (χ4n) is 3.22. The second kappa shape index (κ2) is 8.86. The van der Waals surface area contributed by atoms with Crippen molar-refractivity contribution in [2.45, 2.75) is 65.5 Å². The maximum Gasteiger partial charge on any atom is 0.223 e. The molecule has 0 bridgehead atoms. The summed E-state index contributed by atoms with van der Waals surface area (Å²) in [6.07, 6.45) is 4.17. The highest BCUT2D eigenvalue weighted by atomic mass is 16.2. The van der Waals surface area contributed by atoms with Gasteiger partial charge in [-0.2, -0.15) is 0 Å². The molecule has 1 unspecified atom stereocenters. The number of hydrogen-bond acceptors (Lipinski definition) is 2. The molecule has 0 radical (unpaired) electrons. The molecular formula is C20H30N2O2. The van der Waals surface area contributed by atoms with E-state index in [9.17, 15) is 9.59 Å². The first kappa shape index (κ1) is 18.5. The molecule has 2 rings (SSSR count). The van der Waals surface area contributed by atoms with E-state index in [2.05, 4.69) is 30.5 Å². The second-order valence-electron chi connectivity index (χ2n) is 7.01. The number of benzene rings is 1. The molecule has 4 nitrogen and oxygen atoms in total. The van der Waals surface area contributed by atoms with Crippen molar-refractivity contribution in [3.8, 4) is 0 Å². The van der Waals surface area contributed by atoms with Gasteiger partial charge in [-0.1, -0.05) is 31.2 Å². The highest BCUT2D eigenvalue weighted by molar-refractivity contribution is 5.81. The third kappa shape index (κ3) is 5.08. The Hall–Kier alpha value is -1.84. The van der Waals surface area contributed by atoms with Crippen LogP contribution in [0.2, 0.25) is 0 Å². The van der Waals surface area contributed by atoms with Gasteiger partial charge in [-0.25, -0.2) is 0 Å². The third-order valence-corrected chi connectivity index (χ3v) is 5.18. The highest BCUT2D eigenvalue weighted by Gasteiger charge is 2.30. The Morgan fingerprint density at radius 1 is 1.08 bits per heavy atom. The lowest BCUT2D eigenvalue weighted by Crippen LogP contribution is -2.40. The van der Waals surface area contributed by atoms with Crippen molar-refractivity contribution >= 4 is 11.8 Å². The summed E-state index contributed by atoms with van der Waals surface area (Å²) in [5, 5.41) is 6.11. The molecule has 132 valence electrons. The van der Waals surface area contributed by atoms with E-state index in [1.807, 2.05) is 25.1 Å². The molecule has 24 heavy (non-hydrogen) atoms. The number of carbonyl (C=O) groups excluding carboxylic acids is 2. The Kier molecular flexibility index (Phi) is 6.83. The van der Waals surface area contributed by atoms with Crippen LogP contribution < -0.4 is 10.6 Å². The second-order valence-corrected chi connectivity index (χ2v) is 7.01. The normalized spacial score (nSPS) is 21.8. The van der Waals surface area contributed by atoms with Gasteiger partial charge in [-0.3, -0.25) is 9.59 Å². The molecular weight excluding hydrogens is 300 g/mol. The molecule has 2 amide bonds. The minimum atomic E-state index is 0.0432. The molecule has 1 aliphatic carbocycles. The predicted octanol–water partition coefficient (Wildman–Crippen LogP) is 3.33. The van der Waals surface area contributed by atoms with Gasteiger partial charge in [0.2, 0.25) is 11.8 Å². The summed E-state index contributed by atoms with van der Waals surface area (Å²) in [6.45, 7) is 6.74. The summed E-state index contributed by atoms with van der Waals surface area (Å²) in [7, 11) is 0. The van der Waals surface area contributed by atoms with Crippen LogP contribution in [0.5, 0.6) is 0 Å². The molecule has 2 N–H and O–H groups in total. The summed E-state index contributed by atoms with van der Waals surface area (Å²) < 4.78 is 0. The van der Waals surface area contributed by atoms with Gasteiger partial charge in [0, 0.05) is 24.4 Å². The van der Waals surface area contributed by atoms with E-state index in [0.29, 0.717) is 6.54 Å². The topological polar surface area (TPSA) is 58.2 Å². The summed E-state index contributed by atoms with van der Waals surface area (Å²) in [5.74, 6) is 0.392. The fraction of sp³-hybridized carbons (Fsp3) is 0.600. The smallest absolute Gasteiger partial charge is 0.223 e. The first-order chi connectivity index (χ1) is 11.5. The molecule has 0 aliphatic heterocycles. The van der Waals surface area contributed by atoms with Crippen molar-refractivity contribution in [1.29, 1.82) is 0 Å². The summed E-state index contributed by atoms with van der Waals surface area (Å²) in [4.78, 5) is 24.6. The van der Waals surface area contributed by atoms with Crippen molar-refractivity contribution in [3.05, 3.63) is 35.4 Å². The molecule has 0 aromatic heterocycles. The van der Waals surface area contributed by atoms with Crippen LogP contribution in [0.15, 0.2) is 24.3 Å². The van der Waals surface area contributed by atoms with Crippen molar-refractivity contribution in [3.63, 3.8) is 0 Å². The fourth-order valence-corrected chi connectivity index (χ4v) is 3.22. The molecule has 0 heterocycles. The Morgan fingerprint density at radius 2 is 1.67 bits per heavy atom. The number of aryl methyl sites for hydroxylation is 1. The molecule has 0 saturated heterocycles. The van der Waals surface area contributed by atoms with Crippen molar-refractivity contribution < 1.29 is 9.59 Å². The van der Waals surface area contributed by atoms with Crippen molar-refractivity contribution in [1.82, 2.24) is 10.6 Å². The molecule has 4 heteroatoms. The van der Waals surface area contributed by atoms with Crippen LogP contribution in [-0.2, 0) is 16.1 Å². The van der Waals surface area contributed by atoms with Crippen LogP contribution in [0.25, 0.3) is 0 Å². The van der Waals surface area contributed by atoms with E-state index in [-0.39, 0.29) is 29.7 Å². The lowest BCUT2D eigenvalue weighted by atomic mass is 9.81. The zero-order valence-corrected chi connectivity index (χ0v) is 15.1. The summed E-state index contributed by atoms with van der Waals surface area (Å²) >= 11 is 0. The van der Waals surface area contributed by atoms with Gasteiger partial charge in [0.1, 0.15) is 0 Å². The van der Waals surface area contributed by atoms with Gasteiger partial charge in [0.05, 0.1) is 0 Å². The van der Waals surface area contributed by atoms with E-state index in [4.69, 9.17) is 0 Å². The summed E-state index contributed by atoms with van der Waals surface area (Å²) in [5.41, 5.74) is 2.36. The van der Waals surface area contributed by atoms with Crippen LogP contribution in [0, 0.1) is 18.8 Å². The SMILES string of the molecule is CCC(C)NC(=O)C1CCC(C(=O)NCc2ccccc2C)CC1. The molecule has 1 aromatic carbocycles. The lowest BCUT2D eigenvalue weighted by molar-refractivity contribution is -0.131. The maximum atomic E-state index is 12.4. The number of rotatable bonds is 6. The van der Waals surface area contributed by atoms with Gasteiger partial charge in [-0.05, 0) is 57.1 Å². The highest BCUT2D eigenvalue weighted by Crippen LogP contribution is 2.29. The van der Waals surface area contributed by atoms with Crippen LogP contribution in [0.4, 0.5) is 0 Å². The summed E-state index contributed by atoms with van der Waals surface area (Å²) in [6, 6.07) is 8.34. The van der Waals surface area contributed by atoms with Crippen LogP contribution >= 0.6 is 0 Å². The number of hydrogen-bond donors (Lipinski definition) is 2. The van der Waals surface area contributed by atoms with Gasteiger partial charge >= 0.3 is 0 Å². The largest absolute Gasteiger partial charge is 0.353 e. The molecule has 1 saturated carbocycles. The monoisotopic (exact) mass is 330 g/mol. The number of amides is 2. The number of carbonyl (C=O) groups is 2. The molecule has 0 spiro atoms. The van der Waals surface area contributed by atoms with Crippen LogP contribution in [0.1, 0.15) is 57.1 Å². The van der Waals surface area contributed by atoms with E-state index in [1.165, 1.54) is 5.56 Å². The molecule has 1 fully saturated rings. The predicted molar refractivity (Wildman–Crippen MR) is 96.4 cm³/mol. The maximum absolute atomic E-state index is 12.4. The first-order valence-electron chi connectivity index (χ1n) is 9.13. The molecule has 1 aromatic rings. The van der Waals surface area contributed by atoms with Gasteiger partial charge in [0.15, 0.2) is 0 Å². The number of nitrogens with one attached hydrogen (secondary N) is 2. The van der Waals surface area contributed by atoms with Gasteiger partial charge < -0.3 is 10.6 Å². The van der Waals surface area contributed by atoms with E-state index in [1.54, 1.807) is 0 Å². The Morgan fingerprint density at radius 3 is 2.25 bits per heavy atom. The average Bonchev–Trinajstić information content (AvgIpc) is 2.60. The van der Waals surface area contributed by atoms with Gasteiger partial charge in [-0.15, -0.1) is 0 Å². The van der Waals surface area contributed by atoms with Crippen LogP contribution in [0.3, 0.4) is 0 Å². The van der Waals surface area contributed by atoms with E-state index >= 15 is 0 Å². The minimum Gasteiger partial charge on any atom is -0.353 e. The Labute approximate surface area is 145 Å². The minimum absolute atomic E-state index is 0.0432. The average molecular weight is 330 g/mol. The van der Waals surface area contributed by atoms with Gasteiger partial charge in [0.25, 0.3) is 0 Å². The quantitative estimate of drug-likeness (QED) is 0.840. The zero-order valence-electron chi connectivity index (χ0n) is 15.1. The van der Waals surface area contributed by atoms with E-state index in [0.717, 1.165) is 37.7 Å². The Bertz CT molecular complexity index is 563. The molecule has 1 aliphatic rings. The lowest BCUT2D eigenvalue weighted by Gasteiger charge is -2.28. The molecule has 1 atom stereocenters. The van der Waals surface area contributed by atoms with Crippen molar-refractivity contribution in [2.75, 3.05) is 0 Å². The van der Waals surface area contributed by atoms with E-state index < -0.39 is 0 Å². The van der Waals surface area contributed by atoms with Crippen LogP contribution in [-0.4, -0.2) is 17.9 Å². The first-order valence-corrected chi connectivity index (χ1v) is 9.13. The Balaban J connectivity index is 1.76. The third-order valence-electron chi connectivity index (χ3n) is 5.18. The standard InChI is InChI=1S/C20H30N2O2/c1-4-15(3)22-20(24)17-11-9-16(10-12-17)19(23)21-13-18-8-6-5-7-14(18)2/h5-8,15-17H,4,9-13H2,1-3H3,(H,21,23)(H,22,24). The zero-order chi connectivity index (χ0) is 17.5.